The van der Waals surface area contributed by atoms with Crippen molar-refractivity contribution in [1.29, 1.82) is 0 Å². The third kappa shape index (κ3) is 5.95. The Labute approximate surface area is 163 Å². The van der Waals surface area contributed by atoms with E-state index in [1.54, 1.807) is 26.2 Å². The van der Waals surface area contributed by atoms with E-state index in [2.05, 4.69) is 10.2 Å². The molecule has 0 aliphatic rings. The number of hydrogen-bond acceptors (Lipinski definition) is 7. The van der Waals surface area contributed by atoms with Crippen LogP contribution in [0.25, 0.3) is 11.4 Å². The van der Waals surface area contributed by atoms with Gasteiger partial charge in [-0.05, 0) is 24.3 Å². The Balaban J connectivity index is 2.00. The van der Waals surface area contributed by atoms with Gasteiger partial charge < -0.3 is 23.7 Å². The molecular formula is C18H26N4O4S. The Morgan fingerprint density at radius 2 is 1.70 bits per heavy atom. The first-order chi connectivity index (χ1) is 13.1. The van der Waals surface area contributed by atoms with Gasteiger partial charge in [0.05, 0.1) is 26.1 Å². The van der Waals surface area contributed by atoms with Crippen molar-refractivity contribution in [2.75, 3.05) is 53.4 Å². The molecule has 1 amide bonds. The largest absolute Gasteiger partial charge is 0.497 e. The van der Waals surface area contributed by atoms with Gasteiger partial charge in [0.25, 0.3) is 0 Å². The van der Waals surface area contributed by atoms with Gasteiger partial charge in [-0.2, -0.15) is 0 Å². The van der Waals surface area contributed by atoms with Gasteiger partial charge in [0.1, 0.15) is 5.75 Å². The third-order valence-corrected chi connectivity index (χ3v) is 5.00. The summed E-state index contributed by atoms with van der Waals surface area (Å²) < 4.78 is 17.2. The summed E-state index contributed by atoms with van der Waals surface area (Å²) in [5.41, 5.74) is 0.936. The van der Waals surface area contributed by atoms with Gasteiger partial charge in [0.2, 0.25) is 5.91 Å². The number of ether oxygens (including phenoxy) is 3. The molecule has 148 valence electrons. The lowest BCUT2D eigenvalue weighted by Crippen LogP contribution is -2.37. The monoisotopic (exact) mass is 394 g/mol. The summed E-state index contributed by atoms with van der Waals surface area (Å²) in [6, 6.07) is 7.62. The van der Waals surface area contributed by atoms with Gasteiger partial charge >= 0.3 is 0 Å². The average Bonchev–Trinajstić information content (AvgIpc) is 3.06. The Hall–Kier alpha value is -2.10. The molecule has 9 heteroatoms. The molecule has 1 heterocycles. The van der Waals surface area contributed by atoms with Crippen molar-refractivity contribution in [3.63, 3.8) is 0 Å². The van der Waals surface area contributed by atoms with Crippen LogP contribution in [0.4, 0.5) is 0 Å². The molecule has 0 N–H and O–H groups in total. The molecule has 0 spiro atoms. The molecule has 0 aliphatic carbocycles. The molecule has 1 aromatic heterocycles. The molecular weight excluding hydrogens is 368 g/mol. The number of carbonyl (C=O) groups excluding carboxylic acids is 1. The van der Waals surface area contributed by atoms with Gasteiger partial charge in [-0.25, -0.2) is 0 Å². The SMILES string of the molecule is COCCN(CCOC)C(=O)CSc1nnc(-c2ccc(OC)cc2)n1C. The maximum Gasteiger partial charge on any atom is 0.233 e. The second-order valence-corrected chi connectivity index (χ2v) is 6.69. The lowest BCUT2D eigenvalue weighted by molar-refractivity contribution is -0.129. The molecule has 0 radical (unpaired) electrons. The Morgan fingerprint density at radius 1 is 1.07 bits per heavy atom. The summed E-state index contributed by atoms with van der Waals surface area (Å²) in [4.78, 5) is 14.2. The first-order valence-corrected chi connectivity index (χ1v) is 9.51. The van der Waals surface area contributed by atoms with Crippen molar-refractivity contribution in [1.82, 2.24) is 19.7 Å². The van der Waals surface area contributed by atoms with Crippen molar-refractivity contribution in [2.24, 2.45) is 7.05 Å². The fraction of sp³-hybridized carbons (Fsp3) is 0.500. The van der Waals surface area contributed by atoms with Crippen LogP contribution in [0.2, 0.25) is 0 Å². The van der Waals surface area contributed by atoms with Crippen LogP contribution >= 0.6 is 11.8 Å². The zero-order valence-electron chi connectivity index (χ0n) is 16.2. The fourth-order valence-electron chi connectivity index (χ4n) is 2.41. The lowest BCUT2D eigenvalue weighted by atomic mass is 10.2. The van der Waals surface area contributed by atoms with E-state index >= 15 is 0 Å². The molecule has 0 saturated carbocycles. The molecule has 27 heavy (non-hydrogen) atoms. The second kappa shape index (κ2) is 10.9. The van der Waals surface area contributed by atoms with Crippen LogP contribution < -0.4 is 4.74 Å². The van der Waals surface area contributed by atoms with Crippen LogP contribution in [0.1, 0.15) is 0 Å². The minimum absolute atomic E-state index is 0.0168. The van der Waals surface area contributed by atoms with E-state index in [0.29, 0.717) is 31.5 Å². The van der Waals surface area contributed by atoms with Gasteiger partial charge in [-0.3, -0.25) is 4.79 Å². The molecule has 1 aromatic carbocycles. The number of aromatic nitrogens is 3. The van der Waals surface area contributed by atoms with Crippen LogP contribution in [0.3, 0.4) is 0 Å². The van der Waals surface area contributed by atoms with Gasteiger partial charge in [0.15, 0.2) is 11.0 Å². The molecule has 8 nitrogen and oxygen atoms in total. The summed E-state index contributed by atoms with van der Waals surface area (Å²) in [6.45, 7) is 2.06. The zero-order chi connectivity index (χ0) is 19.6. The van der Waals surface area contributed by atoms with Crippen LogP contribution in [0.5, 0.6) is 5.75 Å². The second-order valence-electron chi connectivity index (χ2n) is 5.75. The van der Waals surface area contributed by atoms with E-state index in [-0.39, 0.29) is 11.7 Å². The number of nitrogens with zero attached hydrogens (tertiary/aromatic N) is 4. The van der Waals surface area contributed by atoms with Crippen molar-refractivity contribution >= 4 is 17.7 Å². The Bertz CT molecular complexity index is 713. The number of thioether (sulfide) groups is 1. The number of benzene rings is 1. The van der Waals surface area contributed by atoms with E-state index in [0.717, 1.165) is 17.1 Å². The first kappa shape index (κ1) is 21.2. The minimum atomic E-state index is 0.0168. The zero-order valence-corrected chi connectivity index (χ0v) is 17.0. The predicted molar refractivity (Wildman–Crippen MR) is 104 cm³/mol. The molecule has 0 aliphatic heterocycles. The smallest absolute Gasteiger partial charge is 0.233 e. The van der Waals surface area contributed by atoms with Gasteiger partial charge in [0, 0.05) is 39.9 Å². The van der Waals surface area contributed by atoms with E-state index in [1.807, 2.05) is 35.9 Å². The molecule has 0 atom stereocenters. The molecule has 0 unspecified atom stereocenters. The number of amides is 1. The molecule has 0 bridgehead atoms. The highest BCUT2D eigenvalue weighted by Crippen LogP contribution is 2.24. The summed E-state index contributed by atoms with van der Waals surface area (Å²) in [5.74, 6) is 1.82. The standard InChI is InChI=1S/C18H26N4O4S/c1-21-17(14-5-7-15(26-4)8-6-14)19-20-18(21)27-13-16(23)22(9-11-24-2)10-12-25-3/h5-8H,9-13H2,1-4H3. The Kier molecular flexibility index (Phi) is 8.56. The summed E-state index contributed by atoms with van der Waals surface area (Å²) in [5, 5.41) is 9.15. The highest BCUT2D eigenvalue weighted by atomic mass is 32.2. The van der Waals surface area contributed by atoms with Crippen LogP contribution in [-0.2, 0) is 21.3 Å². The highest BCUT2D eigenvalue weighted by molar-refractivity contribution is 7.99. The normalized spacial score (nSPS) is 10.8. The number of rotatable bonds is 11. The van der Waals surface area contributed by atoms with Crippen molar-refractivity contribution in [3.05, 3.63) is 24.3 Å². The van der Waals surface area contributed by atoms with Crippen molar-refractivity contribution in [3.8, 4) is 17.1 Å². The van der Waals surface area contributed by atoms with E-state index in [1.165, 1.54) is 11.8 Å². The van der Waals surface area contributed by atoms with E-state index in [4.69, 9.17) is 14.2 Å². The average molecular weight is 394 g/mol. The quantitative estimate of drug-likeness (QED) is 0.537. The lowest BCUT2D eigenvalue weighted by Gasteiger charge is -2.21. The molecule has 2 rings (SSSR count). The number of methoxy groups -OCH3 is 3. The topological polar surface area (TPSA) is 78.7 Å². The van der Waals surface area contributed by atoms with Crippen LogP contribution in [0, 0.1) is 0 Å². The molecule has 0 saturated heterocycles. The van der Waals surface area contributed by atoms with Crippen molar-refractivity contribution in [2.45, 2.75) is 5.16 Å². The third-order valence-electron chi connectivity index (χ3n) is 3.99. The molecule has 0 fully saturated rings. The maximum atomic E-state index is 12.5. The van der Waals surface area contributed by atoms with E-state index < -0.39 is 0 Å². The van der Waals surface area contributed by atoms with Gasteiger partial charge in [-0.15, -0.1) is 10.2 Å². The number of hydrogen-bond donors (Lipinski definition) is 0. The summed E-state index contributed by atoms with van der Waals surface area (Å²) in [6.07, 6.45) is 0. The molecule has 2 aromatic rings. The van der Waals surface area contributed by atoms with E-state index in [9.17, 15) is 4.79 Å². The first-order valence-electron chi connectivity index (χ1n) is 8.53. The number of carbonyl (C=O) groups is 1. The fourth-order valence-corrected chi connectivity index (χ4v) is 3.23. The maximum absolute atomic E-state index is 12.5. The minimum Gasteiger partial charge on any atom is -0.497 e. The van der Waals surface area contributed by atoms with Crippen LogP contribution in [0.15, 0.2) is 29.4 Å². The predicted octanol–water partition coefficient (Wildman–Crippen LogP) is 1.70. The summed E-state index contributed by atoms with van der Waals surface area (Å²) >= 11 is 1.37. The Morgan fingerprint density at radius 3 is 2.26 bits per heavy atom. The highest BCUT2D eigenvalue weighted by Gasteiger charge is 2.17. The summed E-state index contributed by atoms with van der Waals surface area (Å²) in [7, 11) is 6.76. The van der Waals surface area contributed by atoms with Gasteiger partial charge in [-0.1, -0.05) is 11.8 Å². The van der Waals surface area contributed by atoms with Crippen molar-refractivity contribution < 1.29 is 19.0 Å². The van der Waals surface area contributed by atoms with Crippen LogP contribution in [-0.4, -0.2) is 79.0 Å².